The highest BCUT2D eigenvalue weighted by Crippen LogP contribution is 2.30. The van der Waals surface area contributed by atoms with Gasteiger partial charge in [0, 0.05) is 37.9 Å². The standard InChI is InChI=1S/C25H31N9O3/c1-2-33-22-19(30-23(33)24(36)29-15-5-7-17(35)8-6-15)21(27-14-28-22)32-12-9-16(10-13-32)34-18-4-3-11-26-20(18)31-25(34)37/h3-4,11,14-17,35H,2,5-10,12-13H2,1H3,(H,29,36)(H,26,31,37)/t15-,17-. The molecule has 0 unspecified atom stereocenters. The van der Waals surface area contributed by atoms with Crippen molar-refractivity contribution < 1.29 is 9.90 Å². The van der Waals surface area contributed by atoms with Crippen LogP contribution in [0.15, 0.2) is 29.5 Å². The molecule has 1 saturated heterocycles. The van der Waals surface area contributed by atoms with Gasteiger partial charge in [-0.25, -0.2) is 24.7 Å². The second-order valence-corrected chi connectivity index (χ2v) is 9.92. The quantitative estimate of drug-likeness (QED) is 0.372. The van der Waals surface area contributed by atoms with Gasteiger partial charge in [-0.1, -0.05) is 0 Å². The Kier molecular flexibility index (Phi) is 6.11. The van der Waals surface area contributed by atoms with Gasteiger partial charge in [0.15, 0.2) is 22.6 Å². The van der Waals surface area contributed by atoms with E-state index in [1.807, 2.05) is 28.2 Å². The van der Waals surface area contributed by atoms with Gasteiger partial charge in [0.2, 0.25) is 5.82 Å². The van der Waals surface area contributed by atoms with E-state index >= 15 is 0 Å². The van der Waals surface area contributed by atoms with E-state index < -0.39 is 0 Å². The average Bonchev–Trinajstić information content (AvgIpc) is 3.47. The van der Waals surface area contributed by atoms with Crippen molar-refractivity contribution >= 4 is 34.1 Å². The number of hydrogen-bond donors (Lipinski definition) is 3. The van der Waals surface area contributed by atoms with E-state index in [1.54, 1.807) is 6.20 Å². The summed E-state index contributed by atoms with van der Waals surface area (Å²) in [5.41, 5.74) is 2.53. The first-order chi connectivity index (χ1) is 18.0. The third-order valence-electron chi connectivity index (χ3n) is 7.68. The van der Waals surface area contributed by atoms with Crippen molar-refractivity contribution in [3.63, 3.8) is 0 Å². The molecule has 6 rings (SSSR count). The molecule has 1 aliphatic heterocycles. The van der Waals surface area contributed by atoms with Gasteiger partial charge in [-0.15, -0.1) is 0 Å². The van der Waals surface area contributed by atoms with Crippen molar-refractivity contribution in [2.75, 3.05) is 18.0 Å². The second-order valence-electron chi connectivity index (χ2n) is 9.92. The number of nitrogens with one attached hydrogen (secondary N) is 2. The molecule has 5 heterocycles. The molecule has 2 aliphatic rings. The van der Waals surface area contributed by atoms with Gasteiger partial charge in [0.05, 0.1) is 11.6 Å². The maximum Gasteiger partial charge on any atom is 0.327 e. The van der Waals surface area contributed by atoms with Gasteiger partial charge < -0.3 is 19.9 Å². The summed E-state index contributed by atoms with van der Waals surface area (Å²) in [5, 5.41) is 12.9. The second kappa shape index (κ2) is 9.58. The van der Waals surface area contributed by atoms with Gasteiger partial charge >= 0.3 is 5.69 Å². The molecule has 194 valence electrons. The molecule has 0 aromatic carbocycles. The molecule has 1 saturated carbocycles. The van der Waals surface area contributed by atoms with Crippen LogP contribution in [0.3, 0.4) is 0 Å². The largest absolute Gasteiger partial charge is 0.393 e. The van der Waals surface area contributed by atoms with Gasteiger partial charge in [-0.3, -0.25) is 14.3 Å². The lowest BCUT2D eigenvalue weighted by Gasteiger charge is -2.33. The first-order valence-corrected chi connectivity index (χ1v) is 13.0. The molecular weight excluding hydrogens is 474 g/mol. The molecule has 12 heteroatoms. The van der Waals surface area contributed by atoms with E-state index in [9.17, 15) is 14.7 Å². The normalized spacial score (nSPS) is 21.1. The van der Waals surface area contributed by atoms with E-state index in [0.29, 0.717) is 60.9 Å². The lowest BCUT2D eigenvalue weighted by Crippen LogP contribution is -2.39. The number of aromatic nitrogens is 7. The first-order valence-electron chi connectivity index (χ1n) is 13.0. The molecule has 2 fully saturated rings. The Labute approximate surface area is 212 Å². The summed E-state index contributed by atoms with van der Waals surface area (Å²) in [6, 6.07) is 3.85. The number of carbonyl (C=O) groups excluding carboxylic acids is 1. The van der Waals surface area contributed by atoms with Crippen LogP contribution < -0.4 is 15.9 Å². The molecular formula is C25H31N9O3. The van der Waals surface area contributed by atoms with E-state index in [2.05, 4.69) is 30.2 Å². The van der Waals surface area contributed by atoms with Crippen LogP contribution in [-0.4, -0.2) is 70.3 Å². The first kappa shape index (κ1) is 23.6. The molecule has 0 atom stereocenters. The van der Waals surface area contributed by atoms with Crippen LogP contribution in [0.4, 0.5) is 5.82 Å². The van der Waals surface area contributed by atoms with Crippen LogP contribution in [0.5, 0.6) is 0 Å². The summed E-state index contributed by atoms with van der Waals surface area (Å²) in [4.78, 5) is 48.8. The molecule has 0 radical (unpaired) electrons. The van der Waals surface area contributed by atoms with Crippen molar-refractivity contribution in [3.05, 3.63) is 41.0 Å². The van der Waals surface area contributed by atoms with Crippen molar-refractivity contribution in [1.29, 1.82) is 0 Å². The fraction of sp³-hybridized carbons (Fsp3) is 0.520. The third-order valence-corrected chi connectivity index (χ3v) is 7.68. The predicted molar refractivity (Wildman–Crippen MR) is 138 cm³/mol. The minimum absolute atomic E-state index is 0.0359. The number of imidazole rings is 2. The fourth-order valence-corrected chi connectivity index (χ4v) is 5.76. The van der Waals surface area contributed by atoms with Crippen LogP contribution in [-0.2, 0) is 6.54 Å². The monoisotopic (exact) mass is 505 g/mol. The van der Waals surface area contributed by atoms with Crippen molar-refractivity contribution in [1.82, 2.24) is 39.4 Å². The fourth-order valence-electron chi connectivity index (χ4n) is 5.76. The van der Waals surface area contributed by atoms with E-state index in [0.717, 1.165) is 31.2 Å². The molecule has 12 nitrogen and oxygen atoms in total. The number of piperidine rings is 1. The number of fused-ring (bicyclic) bond motifs is 2. The van der Waals surface area contributed by atoms with E-state index in [1.165, 1.54) is 6.33 Å². The molecule has 1 amide bonds. The lowest BCUT2D eigenvalue weighted by atomic mass is 9.93. The van der Waals surface area contributed by atoms with Gasteiger partial charge in [0.25, 0.3) is 5.91 Å². The summed E-state index contributed by atoms with van der Waals surface area (Å²) >= 11 is 0. The Morgan fingerprint density at radius 1 is 1.14 bits per heavy atom. The number of anilines is 1. The minimum atomic E-state index is -0.276. The highest BCUT2D eigenvalue weighted by molar-refractivity contribution is 5.96. The number of nitrogens with zero attached hydrogens (tertiary/aromatic N) is 7. The van der Waals surface area contributed by atoms with Crippen LogP contribution in [0.1, 0.15) is 62.1 Å². The summed E-state index contributed by atoms with van der Waals surface area (Å²) in [7, 11) is 0. The number of aromatic amines is 1. The number of aliphatic hydroxyl groups is 1. The summed E-state index contributed by atoms with van der Waals surface area (Å²) < 4.78 is 3.65. The maximum atomic E-state index is 13.2. The average molecular weight is 506 g/mol. The van der Waals surface area contributed by atoms with Crippen molar-refractivity contribution in [2.45, 2.75) is 70.2 Å². The van der Waals surface area contributed by atoms with Crippen molar-refractivity contribution in [2.24, 2.45) is 0 Å². The molecule has 0 spiro atoms. The summed E-state index contributed by atoms with van der Waals surface area (Å²) in [5.74, 6) is 0.815. The molecule has 4 aromatic heterocycles. The van der Waals surface area contributed by atoms with Crippen LogP contribution in [0.25, 0.3) is 22.3 Å². The molecule has 0 bridgehead atoms. The third kappa shape index (κ3) is 4.24. The maximum absolute atomic E-state index is 13.2. The van der Waals surface area contributed by atoms with Gasteiger partial charge in [0.1, 0.15) is 6.33 Å². The molecule has 3 N–H and O–H groups in total. The zero-order valence-corrected chi connectivity index (χ0v) is 20.8. The number of hydrogen-bond acceptors (Lipinski definition) is 8. The predicted octanol–water partition coefficient (Wildman–Crippen LogP) is 1.76. The number of H-pyrrole nitrogens is 1. The van der Waals surface area contributed by atoms with E-state index in [-0.39, 0.29) is 29.8 Å². The summed E-state index contributed by atoms with van der Waals surface area (Å²) in [6.45, 7) is 3.91. The van der Waals surface area contributed by atoms with Crippen LogP contribution >= 0.6 is 0 Å². The van der Waals surface area contributed by atoms with Crippen LogP contribution in [0, 0.1) is 0 Å². The molecule has 1 aliphatic carbocycles. The smallest absolute Gasteiger partial charge is 0.327 e. The Balaban J connectivity index is 1.24. The van der Waals surface area contributed by atoms with Crippen LogP contribution in [0.2, 0.25) is 0 Å². The Hall–Kier alpha value is -3.80. The Bertz CT molecular complexity index is 1490. The molecule has 4 aromatic rings. The topological polar surface area (TPSA) is 147 Å². The Morgan fingerprint density at radius 2 is 1.92 bits per heavy atom. The lowest BCUT2D eigenvalue weighted by molar-refractivity contribution is 0.0855. The number of pyridine rings is 1. The highest BCUT2D eigenvalue weighted by atomic mass is 16.3. The van der Waals surface area contributed by atoms with Gasteiger partial charge in [-0.2, -0.15) is 0 Å². The Morgan fingerprint density at radius 3 is 2.68 bits per heavy atom. The number of amides is 1. The number of aryl methyl sites for hydroxylation is 1. The summed E-state index contributed by atoms with van der Waals surface area (Å²) in [6.07, 6.45) is 7.37. The number of carbonyl (C=O) groups is 1. The SMILES string of the molecule is CCn1c(C(=O)N[C@H]2CC[C@H](O)CC2)nc2c(N3CCC(n4c(=O)[nH]c5ncccc54)CC3)ncnc21. The number of aliphatic hydroxyl groups excluding tert-OH is 1. The number of rotatable bonds is 5. The van der Waals surface area contributed by atoms with Gasteiger partial charge in [-0.05, 0) is 57.6 Å². The zero-order chi connectivity index (χ0) is 25.5. The minimum Gasteiger partial charge on any atom is -0.393 e. The van der Waals surface area contributed by atoms with E-state index in [4.69, 9.17) is 4.98 Å². The highest BCUT2D eigenvalue weighted by Gasteiger charge is 2.29. The zero-order valence-electron chi connectivity index (χ0n) is 20.8. The molecule has 37 heavy (non-hydrogen) atoms. The van der Waals surface area contributed by atoms with Crippen molar-refractivity contribution in [3.8, 4) is 0 Å².